The molecule has 0 bridgehead atoms. The molecule has 0 radical (unpaired) electrons. The number of halogens is 1. The largest absolute Gasteiger partial charge is 0.457 e. The number of hydrazone groups is 1. The van der Waals surface area contributed by atoms with Gasteiger partial charge in [-0.3, -0.25) is 4.79 Å². The van der Waals surface area contributed by atoms with Crippen LogP contribution in [0.1, 0.15) is 12.7 Å². The number of hydrogen-bond acceptors (Lipinski definition) is 5. The summed E-state index contributed by atoms with van der Waals surface area (Å²) in [4.78, 5) is 12.8. The van der Waals surface area contributed by atoms with Gasteiger partial charge in [0.25, 0.3) is 5.91 Å². The van der Waals surface area contributed by atoms with Gasteiger partial charge in [0.2, 0.25) is 10.0 Å². The molecule has 2 N–H and O–H groups in total. The van der Waals surface area contributed by atoms with Gasteiger partial charge in [0, 0.05) is 0 Å². The Morgan fingerprint density at radius 2 is 1.77 bits per heavy atom. The van der Waals surface area contributed by atoms with Gasteiger partial charge in [-0.2, -0.15) is 10.1 Å². The van der Waals surface area contributed by atoms with Crippen LogP contribution < -0.4 is 10.1 Å². The van der Waals surface area contributed by atoms with E-state index in [1.165, 1.54) is 36.4 Å². The van der Waals surface area contributed by atoms with Crippen LogP contribution in [0.5, 0.6) is 0 Å². The topological polar surface area (TPSA) is 106 Å². The van der Waals surface area contributed by atoms with Crippen LogP contribution in [0.2, 0.25) is 0 Å². The van der Waals surface area contributed by atoms with Gasteiger partial charge in [-0.15, -0.1) is 0 Å². The number of carbonyl (C=O) groups excluding carboxylic acids is 1. The molecule has 1 aromatic heterocycles. The third kappa shape index (κ3) is 3.68. The fourth-order valence-corrected chi connectivity index (χ4v) is 3.53. The SMILES string of the molecule is CC1=NN(c2ccc(S(N)(=O)=O)cc2)C(=O)/C1=C\c1ccc(-c2ccccc2F)o1. The number of nitrogens with zero attached hydrogens (tertiary/aromatic N) is 2. The van der Waals surface area contributed by atoms with E-state index < -0.39 is 21.7 Å². The van der Waals surface area contributed by atoms with E-state index >= 15 is 0 Å². The molecule has 0 aliphatic carbocycles. The Balaban J connectivity index is 1.61. The number of nitrogens with two attached hydrogens (primary N) is 1. The standard InChI is InChI=1S/C21H16FN3O4S/c1-13-18(12-15-8-11-20(29-15)17-4-2-3-5-19(17)22)21(26)25(24-13)14-6-9-16(10-7-14)30(23,27)28/h2-12H,1H3,(H2,23,27,28)/b18-12-. The van der Waals surface area contributed by atoms with Gasteiger partial charge in [0.15, 0.2) is 0 Å². The van der Waals surface area contributed by atoms with Crippen LogP contribution in [0.3, 0.4) is 0 Å². The predicted molar refractivity (Wildman–Crippen MR) is 110 cm³/mol. The molecule has 1 amide bonds. The Bertz CT molecular complexity index is 1310. The van der Waals surface area contributed by atoms with E-state index in [9.17, 15) is 17.6 Å². The first-order valence-electron chi connectivity index (χ1n) is 8.83. The number of primary sulfonamides is 1. The van der Waals surface area contributed by atoms with Crippen LogP contribution in [0, 0.1) is 5.82 Å². The second-order valence-electron chi connectivity index (χ2n) is 6.58. The normalized spacial score (nSPS) is 15.7. The molecule has 152 valence electrons. The second kappa shape index (κ2) is 7.36. The predicted octanol–water partition coefficient (Wildman–Crippen LogP) is 3.54. The zero-order chi connectivity index (χ0) is 21.5. The molecule has 0 saturated carbocycles. The van der Waals surface area contributed by atoms with Crippen molar-refractivity contribution in [3.05, 3.63) is 77.8 Å². The van der Waals surface area contributed by atoms with Gasteiger partial charge in [-0.1, -0.05) is 12.1 Å². The van der Waals surface area contributed by atoms with Crippen LogP contribution in [-0.2, 0) is 14.8 Å². The van der Waals surface area contributed by atoms with Crippen molar-refractivity contribution >= 4 is 33.4 Å². The van der Waals surface area contributed by atoms with Crippen molar-refractivity contribution in [2.24, 2.45) is 10.2 Å². The number of hydrogen-bond donors (Lipinski definition) is 1. The molecule has 30 heavy (non-hydrogen) atoms. The zero-order valence-electron chi connectivity index (χ0n) is 15.7. The molecular weight excluding hydrogens is 409 g/mol. The fraction of sp³-hybridized carbons (Fsp3) is 0.0476. The minimum absolute atomic E-state index is 0.0642. The summed E-state index contributed by atoms with van der Waals surface area (Å²) in [6.07, 6.45) is 1.53. The Kier molecular flexibility index (Phi) is 4.84. The summed E-state index contributed by atoms with van der Waals surface area (Å²) in [5.41, 5.74) is 1.47. The van der Waals surface area contributed by atoms with E-state index in [1.54, 1.807) is 37.3 Å². The molecule has 9 heteroatoms. The average Bonchev–Trinajstić information content (AvgIpc) is 3.28. The number of carbonyl (C=O) groups is 1. The highest BCUT2D eigenvalue weighted by Crippen LogP contribution is 2.29. The first-order chi connectivity index (χ1) is 14.2. The highest BCUT2D eigenvalue weighted by Gasteiger charge is 2.29. The highest BCUT2D eigenvalue weighted by atomic mass is 32.2. The summed E-state index contributed by atoms with van der Waals surface area (Å²) in [5.74, 6) is -0.0949. The zero-order valence-corrected chi connectivity index (χ0v) is 16.6. The van der Waals surface area contributed by atoms with Crippen molar-refractivity contribution in [2.75, 3.05) is 5.01 Å². The first kappa shape index (κ1) is 19.7. The van der Waals surface area contributed by atoms with Crippen molar-refractivity contribution < 1.29 is 22.0 Å². The number of sulfonamides is 1. The van der Waals surface area contributed by atoms with E-state index in [1.807, 2.05) is 0 Å². The Hall–Kier alpha value is -3.56. The van der Waals surface area contributed by atoms with Gasteiger partial charge in [-0.05, 0) is 61.5 Å². The molecule has 7 nitrogen and oxygen atoms in total. The maximum atomic E-state index is 14.0. The lowest BCUT2D eigenvalue weighted by molar-refractivity contribution is -0.114. The average molecular weight is 425 g/mol. The molecule has 0 unspecified atom stereocenters. The van der Waals surface area contributed by atoms with Crippen LogP contribution in [0.4, 0.5) is 10.1 Å². The van der Waals surface area contributed by atoms with Crippen LogP contribution in [0.15, 0.2) is 80.7 Å². The molecule has 2 aromatic carbocycles. The van der Waals surface area contributed by atoms with E-state index in [0.717, 1.165) is 5.01 Å². The summed E-state index contributed by atoms with van der Waals surface area (Å²) in [6.45, 7) is 1.67. The fourth-order valence-electron chi connectivity index (χ4n) is 3.01. The first-order valence-corrected chi connectivity index (χ1v) is 10.4. The van der Waals surface area contributed by atoms with Gasteiger partial charge in [0.05, 0.1) is 27.4 Å². The molecule has 1 aliphatic heterocycles. The quantitative estimate of drug-likeness (QED) is 0.645. The van der Waals surface area contributed by atoms with E-state index in [2.05, 4.69) is 5.10 Å². The summed E-state index contributed by atoms with van der Waals surface area (Å²) in [5, 5.41) is 10.5. The molecular formula is C21H16FN3O4S. The van der Waals surface area contributed by atoms with Crippen molar-refractivity contribution in [3.8, 4) is 11.3 Å². The number of furan rings is 1. The summed E-state index contributed by atoms with van der Waals surface area (Å²) >= 11 is 0. The van der Waals surface area contributed by atoms with E-state index in [-0.39, 0.29) is 4.90 Å². The van der Waals surface area contributed by atoms with Gasteiger partial charge < -0.3 is 4.42 Å². The molecule has 0 atom stereocenters. The van der Waals surface area contributed by atoms with Crippen LogP contribution in [0.25, 0.3) is 17.4 Å². The molecule has 0 fully saturated rings. The Morgan fingerprint density at radius 3 is 2.43 bits per heavy atom. The van der Waals surface area contributed by atoms with Crippen molar-refractivity contribution in [1.82, 2.24) is 0 Å². The smallest absolute Gasteiger partial charge is 0.280 e. The number of rotatable bonds is 4. The lowest BCUT2D eigenvalue weighted by atomic mass is 10.1. The molecule has 2 heterocycles. The highest BCUT2D eigenvalue weighted by molar-refractivity contribution is 7.89. The Morgan fingerprint density at radius 1 is 1.07 bits per heavy atom. The van der Waals surface area contributed by atoms with Gasteiger partial charge >= 0.3 is 0 Å². The summed E-state index contributed by atoms with van der Waals surface area (Å²) in [6, 6.07) is 15.0. The summed E-state index contributed by atoms with van der Waals surface area (Å²) in [7, 11) is -3.83. The van der Waals surface area contributed by atoms with Crippen molar-refractivity contribution in [3.63, 3.8) is 0 Å². The molecule has 1 aliphatic rings. The third-order valence-electron chi connectivity index (χ3n) is 4.53. The van der Waals surface area contributed by atoms with E-state index in [0.29, 0.717) is 34.1 Å². The Labute approximate surface area is 172 Å². The minimum Gasteiger partial charge on any atom is -0.457 e. The lowest BCUT2D eigenvalue weighted by Crippen LogP contribution is -2.21. The van der Waals surface area contributed by atoms with Gasteiger partial charge in [0.1, 0.15) is 17.3 Å². The van der Waals surface area contributed by atoms with Crippen LogP contribution >= 0.6 is 0 Å². The number of amides is 1. The third-order valence-corrected chi connectivity index (χ3v) is 5.45. The molecule has 0 saturated heterocycles. The monoisotopic (exact) mass is 425 g/mol. The van der Waals surface area contributed by atoms with Crippen molar-refractivity contribution in [1.29, 1.82) is 0 Å². The number of anilines is 1. The molecule has 0 spiro atoms. The number of benzene rings is 2. The summed E-state index contributed by atoms with van der Waals surface area (Å²) < 4.78 is 42.4. The maximum absolute atomic E-state index is 14.0. The van der Waals surface area contributed by atoms with Crippen LogP contribution in [-0.4, -0.2) is 20.0 Å². The second-order valence-corrected chi connectivity index (χ2v) is 8.14. The molecule has 4 rings (SSSR count). The van der Waals surface area contributed by atoms with E-state index in [4.69, 9.17) is 9.56 Å². The molecule has 3 aromatic rings. The van der Waals surface area contributed by atoms with Crippen molar-refractivity contribution in [2.45, 2.75) is 11.8 Å². The lowest BCUT2D eigenvalue weighted by Gasteiger charge is -2.11. The van der Waals surface area contributed by atoms with Gasteiger partial charge in [-0.25, -0.2) is 17.9 Å². The maximum Gasteiger partial charge on any atom is 0.280 e. The minimum atomic E-state index is -3.83.